The number of aliphatic hydroxyl groups is 1. The molecule has 0 bridgehead atoms. The Kier molecular flexibility index (Phi) is 5.95. The average Bonchev–Trinajstić information content (AvgIpc) is 3.18. The van der Waals surface area contributed by atoms with Crippen LogP contribution in [-0.4, -0.2) is 29.6 Å². The standard InChI is InChI=1S/C16H20N2O4S/c1-10(2)11(19)7-8-17-16(21)13-5-6-14(23-13)18-15(20)12-4-3-9-22-12/h3-6,9-11,19H,7-8H2,1-2H3,(H,17,21)(H,18,20). The van der Waals surface area contributed by atoms with Crippen LogP contribution in [0, 0.1) is 5.92 Å². The van der Waals surface area contributed by atoms with Crippen LogP contribution in [0.2, 0.25) is 0 Å². The average molecular weight is 336 g/mol. The maximum absolute atomic E-state index is 12.0. The van der Waals surface area contributed by atoms with E-state index < -0.39 is 6.10 Å². The van der Waals surface area contributed by atoms with E-state index in [1.54, 1.807) is 24.3 Å². The molecule has 3 N–H and O–H groups in total. The quantitative estimate of drug-likeness (QED) is 0.725. The third kappa shape index (κ3) is 4.94. The molecule has 0 spiro atoms. The molecular weight excluding hydrogens is 316 g/mol. The number of thiophene rings is 1. The maximum Gasteiger partial charge on any atom is 0.291 e. The molecule has 0 aliphatic rings. The first-order valence-corrected chi connectivity index (χ1v) is 8.20. The van der Waals surface area contributed by atoms with Gasteiger partial charge in [0.1, 0.15) is 0 Å². The third-order valence-electron chi connectivity index (χ3n) is 3.31. The van der Waals surface area contributed by atoms with Gasteiger partial charge in [-0.3, -0.25) is 9.59 Å². The smallest absolute Gasteiger partial charge is 0.291 e. The highest BCUT2D eigenvalue weighted by Gasteiger charge is 2.14. The molecule has 23 heavy (non-hydrogen) atoms. The molecule has 0 fully saturated rings. The van der Waals surface area contributed by atoms with E-state index in [4.69, 9.17) is 4.42 Å². The summed E-state index contributed by atoms with van der Waals surface area (Å²) in [7, 11) is 0. The van der Waals surface area contributed by atoms with Gasteiger partial charge in [0.2, 0.25) is 0 Å². The summed E-state index contributed by atoms with van der Waals surface area (Å²) in [6.45, 7) is 4.27. The highest BCUT2D eigenvalue weighted by atomic mass is 32.1. The van der Waals surface area contributed by atoms with Gasteiger partial charge < -0.3 is 20.2 Å². The van der Waals surface area contributed by atoms with Crippen molar-refractivity contribution in [1.29, 1.82) is 0 Å². The molecular formula is C16H20N2O4S. The Balaban J connectivity index is 1.84. The molecule has 0 radical (unpaired) electrons. The fourth-order valence-corrected chi connectivity index (χ4v) is 2.68. The van der Waals surface area contributed by atoms with Crippen LogP contribution < -0.4 is 10.6 Å². The van der Waals surface area contributed by atoms with Gasteiger partial charge in [0.15, 0.2) is 5.76 Å². The monoisotopic (exact) mass is 336 g/mol. The lowest BCUT2D eigenvalue weighted by Gasteiger charge is -2.14. The van der Waals surface area contributed by atoms with Gasteiger partial charge in [-0.1, -0.05) is 13.8 Å². The van der Waals surface area contributed by atoms with E-state index in [1.165, 1.54) is 17.6 Å². The lowest BCUT2D eigenvalue weighted by atomic mass is 10.0. The van der Waals surface area contributed by atoms with Gasteiger partial charge >= 0.3 is 0 Å². The molecule has 2 aromatic heterocycles. The Morgan fingerprint density at radius 1 is 1.26 bits per heavy atom. The van der Waals surface area contributed by atoms with Crippen molar-refractivity contribution in [2.24, 2.45) is 5.92 Å². The predicted molar refractivity (Wildman–Crippen MR) is 88.8 cm³/mol. The number of hydrogen-bond donors (Lipinski definition) is 3. The van der Waals surface area contributed by atoms with Gasteiger partial charge in [-0.05, 0) is 36.6 Å². The normalized spacial score (nSPS) is 12.2. The van der Waals surface area contributed by atoms with Gasteiger partial charge in [0, 0.05) is 6.54 Å². The summed E-state index contributed by atoms with van der Waals surface area (Å²) >= 11 is 1.18. The minimum Gasteiger partial charge on any atom is -0.459 e. The van der Waals surface area contributed by atoms with Crippen molar-refractivity contribution in [3.63, 3.8) is 0 Å². The first-order valence-electron chi connectivity index (χ1n) is 7.38. The van der Waals surface area contributed by atoms with Crippen LogP contribution in [-0.2, 0) is 0 Å². The predicted octanol–water partition coefficient (Wildman–Crippen LogP) is 2.73. The number of rotatable bonds is 7. The number of carbonyl (C=O) groups excluding carboxylic acids is 2. The van der Waals surface area contributed by atoms with E-state index in [-0.39, 0.29) is 23.5 Å². The highest BCUT2D eigenvalue weighted by molar-refractivity contribution is 7.18. The molecule has 2 rings (SSSR count). The van der Waals surface area contributed by atoms with Gasteiger partial charge in [-0.25, -0.2) is 0 Å². The fraction of sp³-hybridized carbons (Fsp3) is 0.375. The van der Waals surface area contributed by atoms with Crippen LogP contribution in [0.1, 0.15) is 40.5 Å². The maximum atomic E-state index is 12.0. The van der Waals surface area contributed by atoms with E-state index in [0.29, 0.717) is 22.8 Å². The Labute approximate surface area is 138 Å². The highest BCUT2D eigenvalue weighted by Crippen LogP contribution is 2.22. The summed E-state index contributed by atoms with van der Waals surface area (Å²) in [5, 5.41) is 15.7. The van der Waals surface area contributed by atoms with Crippen molar-refractivity contribution in [1.82, 2.24) is 5.32 Å². The van der Waals surface area contributed by atoms with E-state index in [0.717, 1.165) is 0 Å². The summed E-state index contributed by atoms with van der Waals surface area (Å²) in [6, 6.07) is 6.52. The van der Waals surface area contributed by atoms with Crippen molar-refractivity contribution in [2.75, 3.05) is 11.9 Å². The van der Waals surface area contributed by atoms with Gasteiger partial charge in [0.25, 0.3) is 11.8 Å². The summed E-state index contributed by atoms with van der Waals surface area (Å²) < 4.78 is 5.01. The number of aliphatic hydroxyl groups excluding tert-OH is 1. The number of carbonyl (C=O) groups is 2. The molecule has 1 atom stereocenters. The van der Waals surface area contributed by atoms with Gasteiger partial charge in [-0.2, -0.15) is 0 Å². The molecule has 124 valence electrons. The molecule has 0 aliphatic carbocycles. The summed E-state index contributed by atoms with van der Waals surface area (Å²) in [4.78, 5) is 24.3. The van der Waals surface area contributed by atoms with E-state index in [1.807, 2.05) is 13.8 Å². The molecule has 6 nitrogen and oxygen atoms in total. The summed E-state index contributed by atoms with van der Waals surface area (Å²) in [6.07, 6.45) is 1.51. The van der Waals surface area contributed by atoms with Crippen LogP contribution in [0.5, 0.6) is 0 Å². The zero-order valence-electron chi connectivity index (χ0n) is 13.0. The minimum atomic E-state index is -0.429. The molecule has 2 amide bonds. The second kappa shape index (κ2) is 7.94. The Morgan fingerprint density at radius 2 is 2.04 bits per heavy atom. The summed E-state index contributed by atoms with van der Waals surface area (Å²) in [5.74, 6) is -0.197. The van der Waals surface area contributed by atoms with E-state index >= 15 is 0 Å². The molecule has 0 aliphatic heterocycles. The molecule has 0 aromatic carbocycles. The second-order valence-electron chi connectivity index (χ2n) is 5.45. The number of nitrogens with one attached hydrogen (secondary N) is 2. The first-order chi connectivity index (χ1) is 11.0. The number of furan rings is 1. The van der Waals surface area contributed by atoms with Crippen LogP contribution in [0.4, 0.5) is 5.00 Å². The van der Waals surface area contributed by atoms with Crippen molar-refractivity contribution >= 4 is 28.2 Å². The van der Waals surface area contributed by atoms with Crippen LogP contribution in [0.25, 0.3) is 0 Å². The van der Waals surface area contributed by atoms with Crippen molar-refractivity contribution in [3.8, 4) is 0 Å². The van der Waals surface area contributed by atoms with Crippen LogP contribution in [0.15, 0.2) is 34.9 Å². The van der Waals surface area contributed by atoms with Crippen LogP contribution in [0.3, 0.4) is 0 Å². The zero-order valence-corrected chi connectivity index (χ0v) is 13.9. The molecule has 2 aromatic rings. The Morgan fingerprint density at radius 3 is 2.70 bits per heavy atom. The molecule has 1 unspecified atom stereocenters. The topological polar surface area (TPSA) is 91.6 Å². The molecule has 2 heterocycles. The zero-order chi connectivity index (χ0) is 16.8. The van der Waals surface area contributed by atoms with Gasteiger partial charge in [-0.15, -0.1) is 11.3 Å². The largest absolute Gasteiger partial charge is 0.459 e. The summed E-state index contributed by atoms with van der Waals surface area (Å²) in [5.41, 5.74) is 0. The van der Waals surface area contributed by atoms with Crippen LogP contribution >= 0.6 is 11.3 Å². The number of amides is 2. The molecule has 0 saturated heterocycles. The molecule has 0 saturated carbocycles. The van der Waals surface area contributed by atoms with Crippen molar-refractivity contribution in [3.05, 3.63) is 41.2 Å². The Hall–Kier alpha value is -2.12. The number of hydrogen-bond acceptors (Lipinski definition) is 5. The second-order valence-corrected chi connectivity index (χ2v) is 6.54. The van der Waals surface area contributed by atoms with Gasteiger partial charge in [0.05, 0.1) is 22.2 Å². The van der Waals surface area contributed by atoms with Crippen molar-refractivity contribution < 1.29 is 19.1 Å². The minimum absolute atomic E-state index is 0.164. The fourth-order valence-electron chi connectivity index (χ4n) is 1.86. The third-order valence-corrected chi connectivity index (χ3v) is 4.31. The lowest BCUT2D eigenvalue weighted by molar-refractivity contribution is 0.0923. The molecule has 7 heteroatoms. The van der Waals surface area contributed by atoms with Crippen molar-refractivity contribution in [2.45, 2.75) is 26.4 Å². The lowest BCUT2D eigenvalue weighted by Crippen LogP contribution is -2.28. The van der Waals surface area contributed by atoms with E-state index in [9.17, 15) is 14.7 Å². The first kappa shape index (κ1) is 17.2. The number of anilines is 1. The van der Waals surface area contributed by atoms with E-state index in [2.05, 4.69) is 10.6 Å². The Bertz CT molecular complexity index is 649. The SMILES string of the molecule is CC(C)C(O)CCNC(=O)c1ccc(NC(=O)c2ccco2)s1.